The Morgan fingerprint density at radius 2 is 1.62 bits per heavy atom. The zero-order valence-electron chi connectivity index (χ0n) is 15.9. The molecule has 0 radical (unpaired) electrons. The van der Waals surface area contributed by atoms with Crippen LogP contribution in [0.2, 0.25) is 0 Å². The first-order valence-corrected chi connectivity index (χ1v) is 9.93. The average Bonchev–Trinajstić information content (AvgIpc) is 2.67. The van der Waals surface area contributed by atoms with Gasteiger partial charge in [-0.25, -0.2) is 5.43 Å². The van der Waals surface area contributed by atoms with Crippen LogP contribution in [0.25, 0.3) is 0 Å². The van der Waals surface area contributed by atoms with Gasteiger partial charge in [-0.1, -0.05) is 32.8 Å². The molecule has 0 unspecified atom stereocenters. The quantitative estimate of drug-likeness (QED) is 0.751. The lowest BCUT2D eigenvalue weighted by Gasteiger charge is -2.20. The second-order valence-electron chi connectivity index (χ2n) is 7.63. The molecule has 2 fully saturated rings. The SMILES string of the molecule is C[C@@H]1CCCC/C1=N/NC(=O)c1cccc(NN=C2CCCC[C@@H]2C)c1. The lowest BCUT2D eigenvalue weighted by atomic mass is 9.89. The number of carbonyl (C=O) groups excluding carboxylic acids is 1. The molecule has 0 saturated heterocycles. The fourth-order valence-corrected chi connectivity index (χ4v) is 3.72. The molecule has 0 spiro atoms. The standard InChI is InChI=1S/C21H30N4O/c1-15-8-3-5-12-19(15)23-22-18-11-7-10-17(14-18)21(26)25-24-20-13-6-4-9-16(20)2/h7,10-11,14-16,22H,3-6,8-9,12-13H2,1-2H3,(H,25,26)/b23-19?,24-20-/t15-,16+/m0/s1. The number of hydrogen-bond donors (Lipinski definition) is 2. The second-order valence-corrected chi connectivity index (χ2v) is 7.63. The molecule has 2 atom stereocenters. The van der Waals surface area contributed by atoms with Gasteiger partial charge in [0.1, 0.15) is 0 Å². The van der Waals surface area contributed by atoms with Gasteiger partial charge < -0.3 is 0 Å². The van der Waals surface area contributed by atoms with Crippen molar-refractivity contribution in [3.63, 3.8) is 0 Å². The number of rotatable bonds is 4. The smallest absolute Gasteiger partial charge is 0.271 e. The van der Waals surface area contributed by atoms with E-state index in [9.17, 15) is 4.79 Å². The maximum Gasteiger partial charge on any atom is 0.271 e. The van der Waals surface area contributed by atoms with Gasteiger partial charge in [-0.15, -0.1) is 0 Å². The van der Waals surface area contributed by atoms with Crippen molar-refractivity contribution < 1.29 is 4.79 Å². The van der Waals surface area contributed by atoms with E-state index in [1.807, 2.05) is 18.2 Å². The number of hydrogen-bond acceptors (Lipinski definition) is 4. The molecule has 5 heteroatoms. The highest BCUT2D eigenvalue weighted by atomic mass is 16.2. The van der Waals surface area contributed by atoms with Gasteiger partial charge in [-0.3, -0.25) is 10.2 Å². The summed E-state index contributed by atoms with van der Waals surface area (Å²) in [5, 5.41) is 8.94. The average molecular weight is 354 g/mol. The molecule has 1 aromatic rings. The van der Waals surface area contributed by atoms with Crippen LogP contribution < -0.4 is 10.9 Å². The molecular weight excluding hydrogens is 324 g/mol. The van der Waals surface area contributed by atoms with Gasteiger partial charge in [0, 0.05) is 17.0 Å². The normalized spacial score (nSPS) is 26.7. The van der Waals surface area contributed by atoms with Crippen molar-refractivity contribution >= 4 is 23.0 Å². The zero-order valence-corrected chi connectivity index (χ0v) is 15.9. The van der Waals surface area contributed by atoms with Crippen LogP contribution in [0.1, 0.15) is 75.6 Å². The van der Waals surface area contributed by atoms with Gasteiger partial charge in [0.2, 0.25) is 0 Å². The van der Waals surface area contributed by atoms with Gasteiger partial charge >= 0.3 is 0 Å². The molecule has 1 aromatic carbocycles. The largest absolute Gasteiger partial charge is 0.279 e. The summed E-state index contributed by atoms with van der Waals surface area (Å²) in [5.74, 6) is 0.832. The van der Waals surface area contributed by atoms with Crippen molar-refractivity contribution in [1.29, 1.82) is 0 Å². The summed E-state index contributed by atoms with van der Waals surface area (Å²) in [5.41, 5.74) is 9.61. The minimum absolute atomic E-state index is 0.169. The van der Waals surface area contributed by atoms with Gasteiger partial charge in [0.15, 0.2) is 0 Å². The van der Waals surface area contributed by atoms with E-state index >= 15 is 0 Å². The highest BCUT2D eigenvalue weighted by Gasteiger charge is 2.17. The Morgan fingerprint density at radius 1 is 0.962 bits per heavy atom. The monoisotopic (exact) mass is 354 g/mol. The Bertz CT molecular complexity index is 695. The van der Waals surface area contributed by atoms with Crippen molar-refractivity contribution in [1.82, 2.24) is 5.43 Å². The minimum atomic E-state index is -0.169. The molecule has 2 aliphatic rings. The van der Waals surface area contributed by atoms with Crippen LogP contribution in [0.5, 0.6) is 0 Å². The molecule has 3 rings (SSSR count). The van der Waals surface area contributed by atoms with Crippen LogP contribution in [0.4, 0.5) is 5.69 Å². The molecule has 0 aliphatic heterocycles. The van der Waals surface area contributed by atoms with E-state index in [0.717, 1.165) is 37.1 Å². The van der Waals surface area contributed by atoms with Crippen molar-refractivity contribution in [3.8, 4) is 0 Å². The van der Waals surface area contributed by atoms with E-state index in [-0.39, 0.29) is 5.91 Å². The Balaban J connectivity index is 1.62. The third-order valence-electron chi connectivity index (χ3n) is 5.53. The Morgan fingerprint density at radius 3 is 2.27 bits per heavy atom. The molecule has 2 N–H and O–H groups in total. The molecule has 1 amide bonds. The lowest BCUT2D eigenvalue weighted by Crippen LogP contribution is -2.24. The number of nitrogens with one attached hydrogen (secondary N) is 2. The van der Waals surface area contributed by atoms with Crippen LogP contribution in [0, 0.1) is 11.8 Å². The molecule has 5 nitrogen and oxygen atoms in total. The number of benzene rings is 1. The van der Waals surface area contributed by atoms with E-state index in [1.54, 1.807) is 6.07 Å². The third-order valence-corrected chi connectivity index (χ3v) is 5.53. The number of hydrazone groups is 2. The summed E-state index contributed by atoms with van der Waals surface area (Å²) in [7, 11) is 0. The maximum absolute atomic E-state index is 12.4. The summed E-state index contributed by atoms with van der Waals surface area (Å²) < 4.78 is 0. The fraction of sp³-hybridized carbons (Fsp3) is 0.571. The number of carbonyl (C=O) groups is 1. The van der Waals surface area contributed by atoms with Gasteiger partial charge in [0.05, 0.1) is 5.69 Å². The summed E-state index contributed by atoms with van der Waals surface area (Å²) in [6.07, 6.45) is 9.33. The predicted octanol–water partition coefficient (Wildman–Crippen LogP) is 4.96. The zero-order chi connectivity index (χ0) is 18.4. The summed E-state index contributed by atoms with van der Waals surface area (Å²) in [6, 6.07) is 7.44. The summed E-state index contributed by atoms with van der Waals surface area (Å²) >= 11 is 0. The number of anilines is 1. The van der Waals surface area contributed by atoms with E-state index < -0.39 is 0 Å². The highest BCUT2D eigenvalue weighted by molar-refractivity contribution is 5.96. The van der Waals surface area contributed by atoms with Crippen LogP contribution in [-0.4, -0.2) is 17.3 Å². The fourth-order valence-electron chi connectivity index (χ4n) is 3.72. The minimum Gasteiger partial charge on any atom is -0.279 e. The Kier molecular flexibility index (Phi) is 6.42. The van der Waals surface area contributed by atoms with Crippen LogP contribution in [0.15, 0.2) is 34.5 Å². The molecule has 2 aliphatic carbocycles. The van der Waals surface area contributed by atoms with E-state index in [4.69, 9.17) is 0 Å². The molecule has 26 heavy (non-hydrogen) atoms. The summed E-state index contributed by atoms with van der Waals surface area (Å²) in [4.78, 5) is 12.4. The molecule has 0 heterocycles. The number of nitrogens with zero attached hydrogens (tertiary/aromatic N) is 2. The highest BCUT2D eigenvalue weighted by Crippen LogP contribution is 2.22. The number of amides is 1. The Labute approximate surface area is 156 Å². The van der Waals surface area contributed by atoms with Gasteiger partial charge in [0.25, 0.3) is 5.91 Å². The van der Waals surface area contributed by atoms with Crippen LogP contribution in [0.3, 0.4) is 0 Å². The van der Waals surface area contributed by atoms with E-state index in [0.29, 0.717) is 17.4 Å². The van der Waals surface area contributed by atoms with Crippen molar-refractivity contribution in [3.05, 3.63) is 29.8 Å². The first-order chi connectivity index (χ1) is 12.6. The molecule has 2 saturated carbocycles. The molecular formula is C21H30N4O. The van der Waals surface area contributed by atoms with Gasteiger partial charge in [-0.2, -0.15) is 10.2 Å². The maximum atomic E-state index is 12.4. The van der Waals surface area contributed by atoms with E-state index in [1.165, 1.54) is 31.4 Å². The lowest BCUT2D eigenvalue weighted by molar-refractivity contribution is 0.0954. The molecule has 140 valence electrons. The third kappa shape index (κ3) is 4.93. The molecule has 0 bridgehead atoms. The van der Waals surface area contributed by atoms with Crippen LogP contribution in [-0.2, 0) is 0 Å². The molecule has 0 aromatic heterocycles. The first-order valence-electron chi connectivity index (χ1n) is 9.93. The predicted molar refractivity (Wildman–Crippen MR) is 108 cm³/mol. The topological polar surface area (TPSA) is 65.8 Å². The van der Waals surface area contributed by atoms with Crippen molar-refractivity contribution in [2.75, 3.05) is 5.43 Å². The first kappa shape index (κ1) is 18.6. The van der Waals surface area contributed by atoms with E-state index in [2.05, 4.69) is 34.9 Å². The Hall–Kier alpha value is -2.17. The van der Waals surface area contributed by atoms with Crippen LogP contribution >= 0.6 is 0 Å². The van der Waals surface area contributed by atoms with Gasteiger partial charge in [-0.05, 0) is 68.6 Å². The van der Waals surface area contributed by atoms with Crippen molar-refractivity contribution in [2.45, 2.75) is 65.2 Å². The summed E-state index contributed by atoms with van der Waals surface area (Å²) in [6.45, 7) is 4.41. The van der Waals surface area contributed by atoms with Crippen molar-refractivity contribution in [2.24, 2.45) is 22.0 Å². The second kappa shape index (κ2) is 8.97.